The van der Waals surface area contributed by atoms with Crippen molar-refractivity contribution in [2.24, 2.45) is 0 Å². The zero-order chi connectivity index (χ0) is 13.2. The van der Waals surface area contributed by atoms with Crippen molar-refractivity contribution in [3.63, 3.8) is 0 Å². The summed E-state index contributed by atoms with van der Waals surface area (Å²) in [6.45, 7) is 0. The molecule has 1 N–H and O–H groups in total. The molecule has 1 atom stereocenters. The summed E-state index contributed by atoms with van der Waals surface area (Å²) in [6.07, 6.45) is 3.27. The van der Waals surface area contributed by atoms with Gasteiger partial charge in [-0.05, 0) is 6.42 Å². The number of hydrogen-bond acceptors (Lipinski definition) is 7. The molecule has 1 unspecified atom stereocenters. The largest absolute Gasteiger partial charge is 0.464 e. The van der Waals surface area contributed by atoms with Gasteiger partial charge in [-0.3, -0.25) is 4.98 Å². The number of hydrogen-bond donors (Lipinski definition) is 1. The van der Waals surface area contributed by atoms with Crippen molar-refractivity contribution in [1.82, 2.24) is 9.97 Å². The summed E-state index contributed by atoms with van der Waals surface area (Å²) in [6, 6.07) is -0.183. The van der Waals surface area contributed by atoms with Gasteiger partial charge in [0.25, 0.3) is 0 Å². The molecule has 2 rings (SSSR count). The predicted molar refractivity (Wildman–Crippen MR) is 64.1 cm³/mol. The zero-order valence-electron chi connectivity index (χ0n) is 9.79. The number of aromatic nitrogens is 2. The van der Waals surface area contributed by atoms with E-state index in [1.165, 1.54) is 19.5 Å². The van der Waals surface area contributed by atoms with Gasteiger partial charge >= 0.3 is 5.97 Å². The molecule has 1 aromatic heterocycles. The first-order chi connectivity index (χ1) is 8.50. The Balaban J connectivity index is 2.08. The van der Waals surface area contributed by atoms with Crippen molar-refractivity contribution in [3.8, 4) is 0 Å². The van der Waals surface area contributed by atoms with Crippen LogP contribution in [0.3, 0.4) is 0 Å². The molecule has 1 aliphatic rings. The molecule has 0 aliphatic carbocycles. The normalized spacial score (nSPS) is 21.5. The van der Waals surface area contributed by atoms with Gasteiger partial charge in [-0.25, -0.2) is 18.2 Å². The molecule has 1 aromatic rings. The molecule has 7 nitrogen and oxygen atoms in total. The highest BCUT2D eigenvalue weighted by atomic mass is 32.2. The Morgan fingerprint density at radius 3 is 2.89 bits per heavy atom. The molecule has 0 amide bonds. The molecule has 0 saturated carbocycles. The minimum Gasteiger partial charge on any atom is -0.464 e. The van der Waals surface area contributed by atoms with Gasteiger partial charge in [0.05, 0.1) is 31.0 Å². The summed E-state index contributed by atoms with van der Waals surface area (Å²) in [4.78, 5) is 19.1. The van der Waals surface area contributed by atoms with Crippen molar-refractivity contribution in [3.05, 3.63) is 18.1 Å². The number of nitrogens with one attached hydrogen (secondary N) is 1. The highest BCUT2D eigenvalue weighted by Crippen LogP contribution is 2.15. The third kappa shape index (κ3) is 2.95. The monoisotopic (exact) mass is 271 g/mol. The predicted octanol–water partition coefficient (Wildman–Crippen LogP) is -0.138. The minimum atomic E-state index is -2.95. The third-order valence-electron chi connectivity index (χ3n) is 2.61. The number of esters is 1. The molecule has 0 aromatic carbocycles. The zero-order valence-corrected chi connectivity index (χ0v) is 10.6. The van der Waals surface area contributed by atoms with Gasteiger partial charge in [0.15, 0.2) is 15.5 Å². The van der Waals surface area contributed by atoms with Crippen LogP contribution in [0.5, 0.6) is 0 Å². The summed E-state index contributed by atoms with van der Waals surface area (Å²) in [5, 5.41) is 2.96. The van der Waals surface area contributed by atoms with Crippen molar-refractivity contribution in [2.75, 3.05) is 23.9 Å². The number of anilines is 1. The molecule has 8 heteroatoms. The second-order valence-corrected chi connectivity index (χ2v) is 6.25. The number of rotatable bonds is 3. The van der Waals surface area contributed by atoms with Crippen LogP contribution in [0.2, 0.25) is 0 Å². The van der Waals surface area contributed by atoms with E-state index in [4.69, 9.17) is 0 Å². The topological polar surface area (TPSA) is 98.2 Å². The van der Waals surface area contributed by atoms with Crippen molar-refractivity contribution < 1.29 is 17.9 Å². The van der Waals surface area contributed by atoms with Crippen molar-refractivity contribution in [1.29, 1.82) is 0 Å². The second-order valence-electron chi connectivity index (χ2n) is 4.03. The molecule has 2 heterocycles. The Kier molecular flexibility index (Phi) is 3.46. The lowest BCUT2D eigenvalue weighted by atomic mass is 10.3. The highest BCUT2D eigenvalue weighted by molar-refractivity contribution is 7.91. The Bertz CT molecular complexity index is 558. The Labute approximate surface area is 105 Å². The lowest BCUT2D eigenvalue weighted by Gasteiger charge is -2.11. The van der Waals surface area contributed by atoms with E-state index < -0.39 is 15.8 Å². The quantitative estimate of drug-likeness (QED) is 0.764. The standard InChI is InChI=1S/C10H13N3O4S/c1-17-10(14)8-4-11-5-9(13-8)12-7-2-3-18(15,16)6-7/h4-5,7H,2-3,6H2,1H3,(H,12,13). The van der Waals surface area contributed by atoms with Gasteiger partial charge in [-0.2, -0.15) is 0 Å². The molecule has 1 fully saturated rings. The number of ether oxygens (including phenoxy) is 1. The van der Waals surface area contributed by atoms with E-state index >= 15 is 0 Å². The van der Waals surface area contributed by atoms with Crippen LogP contribution < -0.4 is 5.32 Å². The maximum absolute atomic E-state index is 11.3. The molecule has 1 saturated heterocycles. The SMILES string of the molecule is COC(=O)c1cncc(NC2CCS(=O)(=O)C2)n1. The maximum atomic E-state index is 11.3. The van der Waals surface area contributed by atoms with Gasteiger partial charge in [0, 0.05) is 6.04 Å². The average molecular weight is 271 g/mol. The van der Waals surface area contributed by atoms with Crippen LogP contribution in [0.15, 0.2) is 12.4 Å². The van der Waals surface area contributed by atoms with Gasteiger partial charge < -0.3 is 10.1 Å². The van der Waals surface area contributed by atoms with Gasteiger partial charge in [0.2, 0.25) is 0 Å². The van der Waals surface area contributed by atoms with E-state index in [0.29, 0.717) is 12.2 Å². The summed E-state index contributed by atoms with van der Waals surface area (Å²) >= 11 is 0. The number of methoxy groups -OCH3 is 1. The summed E-state index contributed by atoms with van der Waals surface area (Å²) in [5.74, 6) is 0.0523. The summed E-state index contributed by atoms with van der Waals surface area (Å²) in [5.41, 5.74) is 0.0864. The van der Waals surface area contributed by atoms with Crippen LogP contribution in [-0.2, 0) is 14.6 Å². The van der Waals surface area contributed by atoms with Crippen molar-refractivity contribution >= 4 is 21.6 Å². The lowest BCUT2D eigenvalue weighted by molar-refractivity contribution is 0.0593. The third-order valence-corrected chi connectivity index (χ3v) is 4.38. The van der Waals surface area contributed by atoms with E-state index in [-0.39, 0.29) is 23.2 Å². The minimum absolute atomic E-state index is 0.0805. The first-order valence-corrected chi connectivity index (χ1v) is 7.19. The molecule has 0 radical (unpaired) electrons. The molecular formula is C10H13N3O4S. The molecule has 0 spiro atoms. The van der Waals surface area contributed by atoms with E-state index in [1.807, 2.05) is 0 Å². The first-order valence-electron chi connectivity index (χ1n) is 5.37. The van der Waals surface area contributed by atoms with Crippen LogP contribution in [-0.4, -0.2) is 49.0 Å². The summed E-state index contributed by atoms with van der Waals surface area (Å²) < 4.78 is 27.1. The van der Waals surface area contributed by atoms with Crippen LogP contribution in [0, 0.1) is 0 Å². The fourth-order valence-corrected chi connectivity index (χ4v) is 3.43. The molecule has 1 aliphatic heterocycles. The highest BCUT2D eigenvalue weighted by Gasteiger charge is 2.28. The second kappa shape index (κ2) is 4.89. The van der Waals surface area contributed by atoms with E-state index in [2.05, 4.69) is 20.0 Å². The number of nitrogens with zero attached hydrogens (tertiary/aromatic N) is 2. The first kappa shape index (κ1) is 12.7. The fourth-order valence-electron chi connectivity index (χ4n) is 1.76. The van der Waals surface area contributed by atoms with E-state index in [1.54, 1.807) is 0 Å². The Morgan fingerprint density at radius 1 is 1.50 bits per heavy atom. The van der Waals surface area contributed by atoms with Gasteiger partial charge in [-0.1, -0.05) is 0 Å². The van der Waals surface area contributed by atoms with Crippen molar-refractivity contribution in [2.45, 2.75) is 12.5 Å². The molecular weight excluding hydrogens is 258 g/mol. The molecule has 0 bridgehead atoms. The van der Waals surface area contributed by atoms with Gasteiger partial charge in [0.1, 0.15) is 5.82 Å². The molecule has 18 heavy (non-hydrogen) atoms. The average Bonchev–Trinajstić information content (AvgIpc) is 2.68. The number of carbonyl (C=O) groups is 1. The fraction of sp³-hybridized carbons (Fsp3) is 0.500. The number of sulfone groups is 1. The smallest absolute Gasteiger partial charge is 0.358 e. The van der Waals surface area contributed by atoms with Crippen LogP contribution in [0.25, 0.3) is 0 Å². The lowest BCUT2D eigenvalue weighted by Crippen LogP contribution is -2.22. The van der Waals surface area contributed by atoms with E-state index in [0.717, 1.165) is 0 Å². The Morgan fingerprint density at radius 2 is 2.28 bits per heavy atom. The summed E-state index contributed by atoms with van der Waals surface area (Å²) in [7, 11) is -1.69. The van der Waals surface area contributed by atoms with Gasteiger partial charge in [-0.15, -0.1) is 0 Å². The molecule has 98 valence electrons. The van der Waals surface area contributed by atoms with Crippen LogP contribution >= 0.6 is 0 Å². The number of carbonyl (C=O) groups excluding carboxylic acids is 1. The maximum Gasteiger partial charge on any atom is 0.358 e. The Hall–Kier alpha value is -1.70. The van der Waals surface area contributed by atoms with Crippen LogP contribution in [0.4, 0.5) is 5.82 Å². The van der Waals surface area contributed by atoms with Crippen LogP contribution in [0.1, 0.15) is 16.9 Å². The van der Waals surface area contributed by atoms with E-state index in [9.17, 15) is 13.2 Å².